The lowest BCUT2D eigenvalue weighted by molar-refractivity contribution is 0.572. The Hall–Kier alpha value is -6.12. The monoisotopic (exact) mass is 618 g/mol. The van der Waals surface area contributed by atoms with Gasteiger partial charge in [0.05, 0.1) is 17.2 Å². The Balaban J connectivity index is 1.33. The van der Waals surface area contributed by atoms with Crippen LogP contribution in [-0.4, -0.2) is 15.0 Å². The van der Waals surface area contributed by atoms with E-state index < -0.39 is 0 Å². The van der Waals surface area contributed by atoms with Gasteiger partial charge in [-0.15, -0.1) is 0 Å². The van der Waals surface area contributed by atoms with E-state index in [0.29, 0.717) is 23.0 Å². The van der Waals surface area contributed by atoms with Crippen LogP contribution >= 0.6 is 0 Å². The Morgan fingerprint density at radius 1 is 0.625 bits per heavy atom. The third-order valence-corrected chi connectivity index (χ3v) is 9.81. The molecule has 0 saturated heterocycles. The van der Waals surface area contributed by atoms with Gasteiger partial charge in [0.1, 0.15) is 11.0 Å². The maximum Gasteiger partial charge on any atom is 0.168 e. The van der Waals surface area contributed by atoms with Crippen molar-refractivity contribution in [3.63, 3.8) is 0 Å². The summed E-state index contributed by atoms with van der Waals surface area (Å²) in [5.41, 5.74) is 11.6. The summed E-state index contributed by atoms with van der Waals surface area (Å²) in [5, 5.41) is 11.8. The summed E-state index contributed by atoms with van der Waals surface area (Å²) in [6.45, 7) is 4.48. The highest BCUT2D eigenvalue weighted by Crippen LogP contribution is 2.50. The van der Waals surface area contributed by atoms with Crippen molar-refractivity contribution in [3.05, 3.63) is 137 Å². The summed E-state index contributed by atoms with van der Waals surface area (Å²) in [6, 6.07) is 39.5. The lowest BCUT2D eigenvalue weighted by Crippen LogP contribution is -2.21. The molecule has 0 bridgehead atoms. The number of nitriles is 1. The molecule has 0 radical (unpaired) electrons. The largest absolute Gasteiger partial charge is 0.456 e. The molecule has 2 aromatic heterocycles. The van der Waals surface area contributed by atoms with Gasteiger partial charge in [-0.05, 0) is 76.6 Å². The molecule has 228 valence electrons. The molecule has 2 aliphatic rings. The third-order valence-electron chi connectivity index (χ3n) is 9.81. The molecular weight excluding hydrogens is 589 g/mol. The molecule has 5 nitrogen and oxygen atoms in total. The fourth-order valence-corrected chi connectivity index (χ4v) is 7.36. The first-order valence-electron chi connectivity index (χ1n) is 16.3. The Kier molecular flexibility index (Phi) is 6.28. The van der Waals surface area contributed by atoms with Crippen molar-refractivity contribution >= 4 is 23.1 Å². The molecule has 5 aromatic carbocycles. The SMILES string of the molecule is CC1(C)c2cc(C#N)ccc2-c2ccc(-c3ccc4c5c(oc4c3-c3nc(-c4ccccc4)nc(-c4ccccc4)n3)=CCCC=5)cc21. The topological polar surface area (TPSA) is 75.6 Å². The van der Waals surface area contributed by atoms with Gasteiger partial charge in [0.25, 0.3) is 0 Å². The van der Waals surface area contributed by atoms with Crippen LogP contribution in [0.1, 0.15) is 43.4 Å². The highest BCUT2D eigenvalue weighted by molar-refractivity contribution is 6.01. The molecule has 9 rings (SSSR count). The molecule has 0 saturated carbocycles. The summed E-state index contributed by atoms with van der Waals surface area (Å²) < 4.78 is 6.72. The number of hydrogen-bond acceptors (Lipinski definition) is 5. The molecule has 7 aromatic rings. The fraction of sp³-hybridized carbons (Fsp3) is 0.116. The minimum atomic E-state index is -0.278. The first-order chi connectivity index (χ1) is 23.5. The van der Waals surface area contributed by atoms with Gasteiger partial charge in [-0.3, -0.25) is 0 Å². The van der Waals surface area contributed by atoms with Crippen LogP contribution in [0.25, 0.3) is 79.5 Å². The van der Waals surface area contributed by atoms with Gasteiger partial charge >= 0.3 is 0 Å². The summed E-state index contributed by atoms with van der Waals surface area (Å²) in [7, 11) is 0. The number of hydrogen-bond donors (Lipinski definition) is 0. The molecule has 5 heteroatoms. The molecule has 0 unspecified atom stereocenters. The molecule has 48 heavy (non-hydrogen) atoms. The van der Waals surface area contributed by atoms with Gasteiger partial charge in [-0.2, -0.15) is 5.26 Å². The van der Waals surface area contributed by atoms with Gasteiger partial charge in [0, 0.05) is 27.1 Å². The van der Waals surface area contributed by atoms with Crippen LogP contribution in [0.3, 0.4) is 0 Å². The summed E-state index contributed by atoms with van der Waals surface area (Å²) in [4.78, 5) is 15.3. The van der Waals surface area contributed by atoms with E-state index in [0.717, 1.165) is 62.3 Å². The predicted octanol–water partition coefficient (Wildman–Crippen LogP) is 8.82. The van der Waals surface area contributed by atoms with Gasteiger partial charge < -0.3 is 4.42 Å². The zero-order valence-electron chi connectivity index (χ0n) is 26.7. The van der Waals surface area contributed by atoms with E-state index >= 15 is 0 Å². The first-order valence-corrected chi connectivity index (χ1v) is 16.3. The van der Waals surface area contributed by atoms with E-state index in [-0.39, 0.29) is 5.41 Å². The third kappa shape index (κ3) is 4.34. The van der Waals surface area contributed by atoms with Crippen molar-refractivity contribution in [2.45, 2.75) is 32.1 Å². The van der Waals surface area contributed by atoms with Crippen molar-refractivity contribution in [3.8, 4) is 62.5 Å². The summed E-state index contributed by atoms with van der Waals surface area (Å²) in [5.74, 6) is 1.78. The second-order valence-corrected chi connectivity index (χ2v) is 13.0. The number of aromatic nitrogens is 3. The molecule has 2 heterocycles. The Morgan fingerprint density at radius 2 is 1.23 bits per heavy atom. The van der Waals surface area contributed by atoms with E-state index in [1.165, 1.54) is 22.3 Å². The molecule has 0 atom stereocenters. The molecule has 2 aliphatic carbocycles. The molecule has 0 amide bonds. The molecular formula is C43H30N4O. The van der Waals surface area contributed by atoms with Crippen LogP contribution in [0.2, 0.25) is 0 Å². The number of rotatable bonds is 4. The second-order valence-electron chi connectivity index (χ2n) is 13.0. The van der Waals surface area contributed by atoms with Crippen molar-refractivity contribution in [2.75, 3.05) is 0 Å². The van der Waals surface area contributed by atoms with E-state index in [1.807, 2.05) is 72.8 Å². The van der Waals surface area contributed by atoms with Gasteiger partial charge in [-0.1, -0.05) is 105 Å². The van der Waals surface area contributed by atoms with Crippen LogP contribution in [0.5, 0.6) is 0 Å². The van der Waals surface area contributed by atoms with Crippen molar-refractivity contribution in [2.24, 2.45) is 0 Å². The Bertz CT molecular complexity index is 2540. The minimum absolute atomic E-state index is 0.278. The van der Waals surface area contributed by atoms with E-state index in [9.17, 15) is 5.26 Å². The standard InChI is InChI=1S/C43H30N4O/c1-43(2)35-23-26(25-44)17-19-31(35)32-20-18-29(24-36(32)43)30-21-22-34-33-15-9-10-16-37(33)48-39(34)38(30)42-46-40(27-11-5-3-6-12-27)45-41(47-42)28-13-7-4-8-14-28/h3-8,11-24H,9-10H2,1-2H3. The highest BCUT2D eigenvalue weighted by atomic mass is 16.3. The molecule has 0 fully saturated rings. The van der Waals surface area contributed by atoms with Crippen LogP contribution in [0, 0.1) is 11.3 Å². The van der Waals surface area contributed by atoms with Gasteiger partial charge in [0.15, 0.2) is 17.5 Å². The molecule has 0 N–H and O–H groups in total. The van der Waals surface area contributed by atoms with Crippen LogP contribution < -0.4 is 10.6 Å². The normalized spacial score (nSPS) is 13.9. The lowest BCUT2D eigenvalue weighted by atomic mass is 9.81. The maximum atomic E-state index is 9.64. The average molecular weight is 619 g/mol. The zero-order valence-corrected chi connectivity index (χ0v) is 26.7. The first kappa shape index (κ1) is 28.1. The fourth-order valence-electron chi connectivity index (χ4n) is 7.36. The van der Waals surface area contributed by atoms with Crippen LogP contribution in [0.15, 0.2) is 114 Å². The van der Waals surface area contributed by atoms with Gasteiger partial charge in [0.2, 0.25) is 0 Å². The number of nitrogens with zero attached hydrogens (tertiary/aromatic N) is 4. The van der Waals surface area contributed by atoms with E-state index in [4.69, 9.17) is 19.4 Å². The Morgan fingerprint density at radius 3 is 1.92 bits per heavy atom. The average Bonchev–Trinajstić information content (AvgIpc) is 3.63. The van der Waals surface area contributed by atoms with E-state index in [1.54, 1.807) is 0 Å². The Labute approximate surface area is 278 Å². The molecule has 0 spiro atoms. The predicted molar refractivity (Wildman–Crippen MR) is 191 cm³/mol. The smallest absolute Gasteiger partial charge is 0.168 e. The summed E-state index contributed by atoms with van der Waals surface area (Å²) in [6.07, 6.45) is 6.38. The zero-order chi connectivity index (χ0) is 32.4. The number of fused-ring (bicyclic) bond motifs is 6. The minimum Gasteiger partial charge on any atom is -0.456 e. The number of furan rings is 1. The van der Waals surface area contributed by atoms with Crippen LogP contribution in [0.4, 0.5) is 0 Å². The highest BCUT2D eigenvalue weighted by Gasteiger charge is 2.36. The molecule has 0 aliphatic heterocycles. The van der Waals surface area contributed by atoms with E-state index in [2.05, 4.69) is 68.5 Å². The number of benzene rings is 5. The van der Waals surface area contributed by atoms with Gasteiger partial charge in [-0.25, -0.2) is 15.0 Å². The second kappa shape index (κ2) is 10.7. The van der Waals surface area contributed by atoms with Crippen LogP contribution in [-0.2, 0) is 5.41 Å². The van der Waals surface area contributed by atoms with Crippen molar-refractivity contribution < 1.29 is 4.42 Å². The van der Waals surface area contributed by atoms with Crippen molar-refractivity contribution in [1.29, 1.82) is 5.26 Å². The summed E-state index contributed by atoms with van der Waals surface area (Å²) >= 11 is 0. The maximum absolute atomic E-state index is 9.64. The lowest BCUT2D eigenvalue weighted by Gasteiger charge is -2.22. The quantitative estimate of drug-likeness (QED) is 0.197. The van der Waals surface area contributed by atoms with Crippen molar-refractivity contribution in [1.82, 2.24) is 15.0 Å².